The normalized spacial score (nSPS) is 9.83. The van der Waals surface area contributed by atoms with Gasteiger partial charge in [-0.1, -0.05) is 25.1 Å². The Labute approximate surface area is 112 Å². The van der Waals surface area contributed by atoms with E-state index in [-0.39, 0.29) is 18.2 Å². The molecule has 0 radical (unpaired) electrons. The van der Waals surface area contributed by atoms with E-state index >= 15 is 0 Å². The van der Waals surface area contributed by atoms with E-state index in [1.807, 2.05) is 31.2 Å². The highest BCUT2D eigenvalue weighted by Crippen LogP contribution is 2.24. The SMILES string of the molecule is CCCOc1nc(C(=N)N)cc2ccccc12.Cl. The molecule has 0 bridgehead atoms. The van der Waals surface area contributed by atoms with Crippen LogP contribution < -0.4 is 10.5 Å². The standard InChI is InChI=1S/C13H15N3O.ClH/c1-2-7-17-13-10-6-4-3-5-9(10)8-11(16-13)12(14)15;/h3-6,8H,2,7H2,1H3,(H3,14,15);1H. The van der Waals surface area contributed by atoms with Gasteiger partial charge in [0.2, 0.25) is 5.88 Å². The van der Waals surface area contributed by atoms with Crippen molar-refractivity contribution in [2.45, 2.75) is 13.3 Å². The summed E-state index contributed by atoms with van der Waals surface area (Å²) >= 11 is 0. The number of amidine groups is 1. The molecular weight excluding hydrogens is 250 g/mol. The van der Waals surface area contributed by atoms with Gasteiger partial charge in [0.05, 0.1) is 6.61 Å². The van der Waals surface area contributed by atoms with Crippen LogP contribution >= 0.6 is 12.4 Å². The third-order valence-electron chi connectivity index (χ3n) is 2.42. The van der Waals surface area contributed by atoms with Crippen molar-refractivity contribution in [2.75, 3.05) is 6.61 Å². The minimum Gasteiger partial charge on any atom is -0.477 e. The molecule has 4 nitrogen and oxygen atoms in total. The van der Waals surface area contributed by atoms with Gasteiger partial charge in [-0.05, 0) is 23.9 Å². The van der Waals surface area contributed by atoms with Crippen LogP contribution in [0.4, 0.5) is 0 Å². The molecule has 18 heavy (non-hydrogen) atoms. The van der Waals surface area contributed by atoms with Gasteiger partial charge < -0.3 is 10.5 Å². The average molecular weight is 266 g/mol. The summed E-state index contributed by atoms with van der Waals surface area (Å²) in [6.45, 7) is 2.65. The highest BCUT2D eigenvalue weighted by atomic mass is 35.5. The molecule has 0 saturated heterocycles. The highest BCUT2D eigenvalue weighted by molar-refractivity contribution is 5.98. The third kappa shape index (κ3) is 2.90. The van der Waals surface area contributed by atoms with Gasteiger partial charge in [0.15, 0.2) is 0 Å². The second kappa shape index (κ2) is 6.21. The van der Waals surface area contributed by atoms with Crippen LogP contribution in [0.1, 0.15) is 19.0 Å². The Morgan fingerprint density at radius 1 is 1.39 bits per heavy atom. The van der Waals surface area contributed by atoms with Crippen molar-refractivity contribution >= 4 is 29.0 Å². The summed E-state index contributed by atoms with van der Waals surface area (Å²) in [5.74, 6) is 0.507. The van der Waals surface area contributed by atoms with Crippen LogP contribution in [-0.4, -0.2) is 17.4 Å². The molecule has 2 rings (SSSR count). The lowest BCUT2D eigenvalue weighted by molar-refractivity contribution is 0.309. The quantitative estimate of drug-likeness (QED) is 0.659. The molecule has 0 saturated carbocycles. The van der Waals surface area contributed by atoms with E-state index in [0.717, 1.165) is 17.2 Å². The molecule has 1 aromatic carbocycles. The number of ether oxygens (including phenoxy) is 1. The molecule has 3 N–H and O–H groups in total. The predicted octanol–water partition coefficient (Wildman–Crippen LogP) is 2.73. The minimum atomic E-state index is -0.0444. The summed E-state index contributed by atoms with van der Waals surface area (Å²) in [6.07, 6.45) is 0.917. The fourth-order valence-electron chi connectivity index (χ4n) is 1.61. The molecule has 1 aromatic heterocycles. The summed E-state index contributed by atoms with van der Waals surface area (Å²) in [4.78, 5) is 4.27. The second-order valence-electron chi connectivity index (χ2n) is 3.80. The Hall–Kier alpha value is -1.81. The van der Waals surface area contributed by atoms with Crippen molar-refractivity contribution in [3.63, 3.8) is 0 Å². The zero-order chi connectivity index (χ0) is 12.3. The van der Waals surface area contributed by atoms with Crippen LogP contribution in [0, 0.1) is 5.41 Å². The van der Waals surface area contributed by atoms with Gasteiger partial charge in [0.25, 0.3) is 0 Å². The van der Waals surface area contributed by atoms with Crippen molar-refractivity contribution in [2.24, 2.45) is 5.73 Å². The van der Waals surface area contributed by atoms with E-state index in [1.165, 1.54) is 0 Å². The average Bonchev–Trinajstić information content (AvgIpc) is 2.35. The molecule has 0 fully saturated rings. The number of aromatic nitrogens is 1. The topological polar surface area (TPSA) is 72.0 Å². The molecule has 2 aromatic rings. The van der Waals surface area contributed by atoms with Crippen molar-refractivity contribution in [3.05, 3.63) is 36.0 Å². The van der Waals surface area contributed by atoms with Crippen molar-refractivity contribution in [3.8, 4) is 5.88 Å². The molecule has 0 unspecified atom stereocenters. The first-order chi connectivity index (χ1) is 8.22. The lowest BCUT2D eigenvalue weighted by Crippen LogP contribution is -2.14. The van der Waals surface area contributed by atoms with Crippen LogP contribution in [0.2, 0.25) is 0 Å². The highest BCUT2D eigenvalue weighted by Gasteiger charge is 2.08. The molecular formula is C13H16ClN3O. The summed E-state index contributed by atoms with van der Waals surface area (Å²) < 4.78 is 5.60. The van der Waals surface area contributed by atoms with E-state index < -0.39 is 0 Å². The zero-order valence-electron chi connectivity index (χ0n) is 10.1. The molecule has 5 heteroatoms. The van der Waals surface area contributed by atoms with Gasteiger partial charge in [0, 0.05) is 5.39 Å². The minimum absolute atomic E-state index is 0. The van der Waals surface area contributed by atoms with E-state index in [2.05, 4.69) is 4.98 Å². The van der Waals surface area contributed by atoms with Gasteiger partial charge in [-0.3, -0.25) is 5.41 Å². The van der Waals surface area contributed by atoms with Gasteiger partial charge in [-0.2, -0.15) is 0 Å². The maximum atomic E-state index is 7.44. The van der Waals surface area contributed by atoms with E-state index in [4.69, 9.17) is 15.9 Å². The number of fused-ring (bicyclic) bond motifs is 1. The number of nitrogens with two attached hydrogens (primary N) is 1. The molecule has 0 amide bonds. The Balaban J connectivity index is 0.00000162. The Kier molecular flexibility index (Phi) is 4.92. The molecule has 0 aliphatic rings. The van der Waals surface area contributed by atoms with Gasteiger partial charge in [0.1, 0.15) is 11.5 Å². The zero-order valence-corrected chi connectivity index (χ0v) is 11.0. The van der Waals surface area contributed by atoms with Gasteiger partial charge in [-0.25, -0.2) is 4.98 Å². The number of benzene rings is 1. The molecule has 0 aliphatic heterocycles. The number of nitrogens with one attached hydrogen (secondary N) is 1. The second-order valence-corrected chi connectivity index (χ2v) is 3.80. The summed E-state index contributed by atoms with van der Waals surface area (Å²) in [5, 5.41) is 9.38. The first-order valence-corrected chi connectivity index (χ1v) is 5.59. The summed E-state index contributed by atoms with van der Waals surface area (Å²) in [5.41, 5.74) is 5.92. The lowest BCUT2D eigenvalue weighted by atomic mass is 10.1. The molecule has 96 valence electrons. The predicted molar refractivity (Wildman–Crippen MR) is 75.8 cm³/mol. The fourth-order valence-corrected chi connectivity index (χ4v) is 1.61. The monoisotopic (exact) mass is 265 g/mol. The number of hydrogen-bond acceptors (Lipinski definition) is 3. The first kappa shape index (κ1) is 14.3. The summed E-state index contributed by atoms with van der Waals surface area (Å²) in [6, 6.07) is 9.60. The summed E-state index contributed by atoms with van der Waals surface area (Å²) in [7, 11) is 0. The number of halogens is 1. The number of pyridine rings is 1. The van der Waals surface area contributed by atoms with Crippen molar-refractivity contribution in [1.82, 2.24) is 4.98 Å². The lowest BCUT2D eigenvalue weighted by Gasteiger charge is -2.09. The maximum absolute atomic E-state index is 7.44. The van der Waals surface area contributed by atoms with Crippen LogP contribution in [0.5, 0.6) is 5.88 Å². The van der Waals surface area contributed by atoms with Gasteiger partial charge >= 0.3 is 0 Å². The third-order valence-corrected chi connectivity index (χ3v) is 2.42. The molecule has 0 atom stereocenters. The fraction of sp³-hybridized carbons (Fsp3) is 0.231. The van der Waals surface area contributed by atoms with Crippen molar-refractivity contribution in [1.29, 1.82) is 5.41 Å². The molecule has 0 aliphatic carbocycles. The first-order valence-electron chi connectivity index (χ1n) is 5.59. The smallest absolute Gasteiger partial charge is 0.222 e. The molecule has 0 spiro atoms. The Bertz CT molecular complexity index is 557. The van der Waals surface area contributed by atoms with Crippen LogP contribution in [0.3, 0.4) is 0 Å². The number of hydrogen-bond donors (Lipinski definition) is 2. The Morgan fingerprint density at radius 2 is 2.11 bits per heavy atom. The van der Waals surface area contributed by atoms with E-state index in [0.29, 0.717) is 18.2 Å². The Morgan fingerprint density at radius 3 is 2.78 bits per heavy atom. The number of rotatable bonds is 4. The van der Waals surface area contributed by atoms with Gasteiger partial charge in [-0.15, -0.1) is 12.4 Å². The maximum Gasteiger partial charge on any atom is 0.222 e. The van der Waals surface area contributed by atoms with Crippen LogP contribution in [0.25, 0.3) is 10.8 Å². The van der Waals surface area contributed by atoms with Crippen LogP contribution in [0.15, 0.2) is 30.3 Å². The largest absolute Gasteiger partial charge is 0.477 e. The van der Waals surface area contributed by atoms with E-state index in [9.17, 15) is 0 Å². The molecule has 1 heterocycles. The number of nitrogens with zero attached hydrogens (tertiary/aromatic N) is 1. The van der Waals surface area contributed by atoms with E-state index in [1.54, 1.807) is 6.07 Å². The van der Waals surface area contributed by atoms with Crippen molar-refractivity contribution < 1.29 is 4.74 Å². The number of nitrogen functional groups attached to an aromatic ring is 1. The van der Waals surface area contributed by atoms with Crippen LogP contribution in [-0.2, 0) is 0 Å².